The largest absolute Gasteiger partial charge is 0.383 e. The molecule has 1 aromatic heterocycles. The van der Waals surface area contributed by atoms with Gasteiger partial charge in [0.15, 0.2) is 5.82 Å². The lowest BCUT2D eigenvalue weighted by Gasteiger charge is -2.30. The minimum Gasteiger partial charge on any atom is -0.383 e. The number of ether oxygens (including phenoxy) is 1. The molecule has 6 heteroatoms. The summed E-state index contributed by atoms with van der Waals surface area (Å²) in [4.78, 5) is 0. The zero-order chi connectivity index (χ0) is 15.1. The Bertz CT molecular complexity index is 403. The minimum absolute atomic E-state index is 0.146. The van der Waals surface area contributed by atoms with Crippen LogP contribution in [0.25, 0.3) is 0 Å². The summed E-state index contributed by atoms with van der Waals surface area (Å²) in [7, 11) is 1.71. The van der Waals surface area contributed by atoms with Crippen molar-refractivity contribution in [1.29, 1.82) is 0 Å². The first-order valence-electron chi connectivity index (χ1n) is 8.28. The molecule has 2 rings (SSSR count). The Morgan fingerprint density at radius 3 is 2.76 bits per heavy atom. The predicted octanol–water partition coefficient (Wildman–Crippen LogP) is 2.50. The fourth-order valence-electron chi connectivity index (χ4n) is 3.42. The fourth-order valence-corrected chi connectivity index (χ4v) is 3.42. The number of hydrogen-bond donors (Lipinski definition) is 1. The van der Waals surface area contributed by atoms with Crippen LogP contribution in [0, 0.1) is 5.92 Å². The molecule has 0 amide bonds. The second-order valence-electron chi connectivity index (χ2n) is 6.02. The third-order valence-electron chi connectivity index (χ3n) is 4.59. The molecule has 1 aliphatic carbocycles. The Morgan fingerprint density at radius 1 is 1.33 bits per heavy atom. The van der Waals surface area contributed by atoms with Gasteiger partial charge in [0, 0.05) is 13.7 Å². The van der Waals surface area contributed by atoms with Gasteiger partial charge >= 0.3 is 0 Å². The van der Waals surface area contributed by atoms with Crippen molar-refractivity contribution in [2.75, 3.05) is 20.3 Å². The molecule has 1 heterocycles. The molecule has 0 aliphatic heterocycles. The summed E-state index contributed by atoms with van der Waals surface area (Å²) < 4.78 is 7.15. The van der Waals surface area contributed by atoms with Crippen LogP contribution in [-0.2, 0) is 4.74 Å². The Labute approximate surface area is 127 Å². The maximum atomic E-state index is 5.08. The zero-order valence-corrected chi connectivity index (χ0v) is 13.6. The highest BCUT2D eigenvalue weighted by molar-refractivity contribution is 4.93. The fraction of sp³-hybridized carbons (Fsp3) is 0.933. The molecular weight excluding hydrogens is 266 g/mol. The normalized spacial score (nSPS) is 19.6. The summed E-state index contributed by atoms with van der Waals surface area (Å²) in [5.74, 6) is 1.67. The lowest BCUT2D eigenvalue weighted by molar-refractivity contribution is 0.193. The van der Waals surface area contributed by atoms with Crippen molar-refractivity contribution in [3.05, 3.63) is 5.82 Å². The molecule has 1 saturated carbocycles. The Kier molecular flexibility index (Phi) is 6.57. The second kappa shape index (κ2) is 8.44. The van der Waals surface area contributed by atoms with Gasteiger partial charge in [-0.05, 0) is 42.5 Å². The first kappa shape index (κ1) is 16.4. The first-order valence-corrected chi connectivity index (χ1v) is 8.28. The Hall–Kier alpha value is -1.01. The lowest BCUT2D eigenvalue weighted by atomic mass is 9.83. The first-order chi connectivity index (χ1) is 10.3. The molecule has 1 aromatic rings. The molecule has 2 atom stereocenters. The number of hydrogen-bond acceptors (Lipinski definition) is 5. The molecule has 0 bridgehead atoms. The SMILES string of the molecule is CCC(C1CCCCC1)n1nnnc1C(C)NCCOC. The molecular formula is C15H29N5O. The Morgan fingerprint density at radius 2 is 2.10 bits per heavy atom. The monoisotopic (exact) mass is 295 g/mol. The van der Waals surface area contributed by atoms with E-state index in [1.807, 2.05) is 0 Å². The van der Waals surface area contributed by atoms with Gasteiger partial charge < -0.3 is 10.1 Å². The average Bonchev–Trinajstić information content (AvgIpc) is 2.99. The third-order valence-corrected chi connectivity index (χ3v) is 4.59. The van der Waals surface area contributed by atoms with Crippen LogP contribution in [0.3, 0.4) is 0 Å². The molecule has 1 N–H and O–H groups in total. The molecule has 2 unspecified atom stereocenters. The van der Waals surface area contributed by atoms with Gasteiger partial charge in [0.2, 0.25) is 0 Å². The molecule has 120 valence electrons. The highest BCUT2D eigenvalue weighted by atomic mass is 16.5. The summed E-state index contributed by atoms with van der Waals surface area (Å²) >= 11 is 0. The van der Waals surface area contributed by atoms with Gasteiger partial charge in [0.1, 0.15) is 0 Å². The molecule has 0 spiro atoms. The number of tetrazole rings is 1. The summed E-state index contributed by atoms with van der Waals surface area (Å²) in [6.45, 7) is 5.87. The van der Waals surface area contributed by atoms with Crippen molar-refractivity contribution < 1.29 is 4.74 Å². The molecule has 0 radical (unpaired) electrons. The van der Waals surface area contributed by atoms with Crippen molar-refractivity contribution in [1.82, 2.24) is 25.5 Å². The van der Waals surface area contributed by atoms with E-state index in [0.29, 0.717) is 12.6 Å². The van der Waals surface area contributed by atoms with Crippen molar-refractivity contribution in [3.63, 3.8) is 0 Å². The second-order valence-corrected chi connectivity index (χ2v) is 6.02. The number of methoxy groups -OCH3 is 1. The quantitative estimate of drug-likeness (QED) is 0.746. The molecule has 1 fully saturated rings. The maximum Gasteiger partial charge on any atom is 0.168 e. The highest BCUT2D eigenvalue weighted by Crippen LogP contribution is 2.35. The van der Waals surface area contributed by atoms with E-state index in [0.717, 1.165) is 24.7 Å². The summed E-state index contributed by atoms with van der Waals surface area (Å²) in [6, 6.07) is 0.578. The van der Waals surface area contributed by atoms with E-state index in [4.69, 9.17) is 4.74 Å². The molecule has 1 aliphatic rings. The third kappa shape index (κ3) is 4.23. The van der Waals surface area contributed by atoms with Crippen molar-refractivity contribution in [2.45, 2.75) is 64.5 Å². The molecule has 6 nitrogen and oxygen atoms in total. The van der Waals surface area contributed by atoms with Crippen LogP contribution >= 0.6 is 0 Å². The van der Waals surface area contributed by atoms with Crippen molar-refractivity contribution in [2.24, 2.45) is 5.92 Å². The van der Waals surface area contributed by atoms with Crippen LogP contribution in [0.5, 0.6) is 0 Å². The van der Waals surface area contributed by atoms with Gasteiger partial charge in [-0.25, -0.2) is 4.68 Å². The number of aromatic nitrogens is 4. The number of nitrogens with zero attached hydrogens (tertiary/aromatic N) is 4. The molecule has 0 saturated heterocycles. The van der Waals surface area contributed by atoms with Crippen LogP contribution in [0.15, 0.2) is 0 Å². The number of nitrogens with one attached hydrogen (secondary N) is 1. The predicted molar refractivity (Wildman–Crippen MR) is 82.0 cm³/mol. The van der Waals surface area contributed by atoms with Crippen LogP contribution in [-0.4, -0.2) is 40.5 Å². The van der Waals surface area contributed by atoms with E-state index in [1.54, 1.807) is 7.11 Å². The topological polar surface area (TPSA) is 64.9 Å². The summed E-state index contributed by atoms with van der Waals surface area (Å²) in [5.41, 5.74) is 0. The van der Waals surface area contributed by atoms with Crippen molar-refractivity contribution in [3.8, 4) is 0 Å². The minimum atomic E-state index is 0.146. The summed E-state index contributed by atoms with van der Waals surface area (Å²) in [5, 5.41) is 15.9. The van der Waals surface area contributed by atoms with Crippen LogP contribution < -0.4 is 5.32 Å². The van der Waals surface area contributed by atoms with E-state index in [-0.39, 0.29) is 6.04 Å². The number of rotatable bonds is 8. The lowest BCUT2D eigenvalue weighted by Crippen LogP contribution is -2.29. The van der Waals surface area contributed by atoms with Crippen LogP contribution in [0.2, 0.25) is 0 Å². The zero-order valence-electron chi connectivity index (χ0n) is 13.6. The van der Waals surface area contributed by atoms with Crippen molar-refractivity contribution >= 4 is 0 Å². The Balaban J connectivity index is 2.05. The van der Waals surface area contributed by atoms with E-state index in [1.165, 1.54) is 32.1 Å². The average molecular weight is 295 g/mol. The molecule has 0 aromatic carbocycles. The van der Waals surface area contributed by atoms with Crippen LogP contribution in [0.1, 0.15) is 70.3 Å². The van der Waals surface area contributed by atoms with Crippen LogP contribution in [0.4, 0.5) is 0 Å². The van der Waals surface area contributed by atoms with Gasteiger partial charge in [-0.3, -0.25) is 0 Å². The smallest absolute Gasteiger partial charge is 0.168 e. The van der Waals surface area contributed by atoms with Gasteiger partial charge in [-0.15, -0.1) is 5.10 Å². The van der Waals surface area contributed by atoms with Gasteiger partial charge in [0.25, 0.3) is 0 Å². The van der Waals surface area contributed by atoms with E-state index < -0.39 is 0 Å². The standard InChI is InChI=1S/C15H29N5O/c1-4-14(13-8-6-5-7-9-13)20-15(17-18-19-20)12(2)16-10-11-21-3/h12-14,16H,4-11H2,1-3H3. The summed E-state index contributed by atoms with van der Waals surface area (Å²) in [6.07, 6.45) is 7.78. The molecule has 21 heavy (non-hydrogen) atoms. The van der Waals surface area contributed by atoms with Gasteiger partial charge in [0.05, 0.1) is 18.7 Å². The van der Waals surface area contributed by atoms with E-state index >= 15 is 0 Å². The highest BCUT2D eigenvalue weighted by Gasteiger charge is 2.28. The van der Waals surface area contributed by atoms with Gasteiger partial charge in [-0.1, -0.05) is 26.2 Å². The van der Waals surface area contributed by atoms with E-state index in [2.05, 4.69) is 39.4 Å². The maximum absolute atomic E-state index is 5.08. The van der Waals surface area contributed by atoms with Gasteiger partial charge in [-0.2, -0.15) is 0 Å². The van der Waals surface area contributed by atoms with E-state index in [9.17, 15) is 0 Å².